The molecule has 2 N–H and O–H groups in total. The molecular formula is C18H20N6. The minimum Gasteiger partial charge on any atom is -0.324 e. The van der Waals surface area contributed by atoms with Gasteiger partial charge in [-0.05, 0) is 38.1 Å². The Bertz CT molecular complexity index is 866. The molecule has 24 heavy (non-hydrogen) atoms. The van der Waals surface area contributed by atoms with E-state index in [1.165, 1.54) is 5.56 Å². The molecule has 6 nitrogen and oxygen atoms in total. The highest BCUT2D eigenvalue weighted by molar-refractivity contribution is 5.56. The van der Waals surface area contributed by atoms with E-state index in [1.54, 1.807) is 6.20 Å². The number of anilines is 2. The first-order valence-electron chi connectivity index (χ1n) is 8.15. The van der Waals surface area contributed by atoms with Crippen molar-refractivity contribution >= 4 is 11.6 Å². The molecule has 0 saturated heterocycles. The number of hydrogen-bond donors (Lipinski definition) is 2. The van der Waals surface area contributed by atoms with Gasteiger partial charge in [-0.25, -0.2) is 15.0 Å². The number of rotatable bonds is 3. The summed E-state index contributed by atoms with van der Waals surface area (Å²) < 4.78 is 2.05. The lowest BCUT2D eigenvalue weighted by Gasteiger charge is -2.19. The van der Waals surface area contributed by atoms with E-state index in [0.717, 1.165) is 48.1 Å². The Morgan fingerprint density at radius 1 is 1.12 bits per heavy atom. The van der Waals surface area contributed by atoms with Crippen LogP contribution in [0.15, 0.2) is 36.7 Å². The number of imidazole rings is 1. The second-order valence-corrected chi connectivity index (χ2v) is 6.00. The third-order valence-electron chi connectivity index (χ3n) is 4.37. The molecule has 0 atom stereocenters. The van der Waals surface area contributed by atoms with E-state index < -0.39 is 0 Å². The second kappa shape index (κ2) is 6.05. The van der Waals surface area contributed by atoms with Crippen LogP contribution in [0.2, 0.25) is 0 Å². The van der Waals surface area contributed by atoms with Crippen LogP contribution in [0.1, 0.15) is 22.8 Å². The summed E-state index contributed by atoms with van der Waals surface area (Å²) in [4.78, 5) is 13.5. The lowest BCUT2D eigenvalue weighted by molar-refractivity contribution is 0.622. The topological polar surface area (TPSA) is 67.7 Å². The fourth-order valence-corrected chi connectivity index (χ4v) is 3.05. The lowest BCUT2D eigenvalue weighted by Crippen LogP contribution is -2.26. The van der Waals surface area contributed by atoms with Gasteiger partial charge in [0.25, 0.3) is 0 Å². The Morgan fingerprint density at radius 2 is 1.96 bits per heavy atom. The van der Waals surface area contributed by atoms with Gasteiger partial charge in [-0.1, -0.05) is 0 Å². The SMILES string of the molecule is Cc1nc(Nc2ccc(-n3ccnc3C)cc2)nc2c1CNCC2. The first kappa shape index (κ1) is 14.8. The standard InChI is InChI=1S/C18H20N6/c1-12-16-11-19-8-7-17(16)23-18(21-12)22-14-3-5-15(6-4-14)24-10-9-20-13(24)2/h3-6,9-10,19H,7-8,11H2,1-2H3,(H,21,22,23). The van der Waals surface area contributed by atoms with Gasteiger partial charge in [-0.3, -0.25) is 0 Å². The number of benzene rings is 1. The van der Waals surface area contributed by atoms with Crippen LogP contribution in [0.4, 0.5) is 11.6 Å². The molecule has 1 aliphatic heterocycles. The molecular weight excluding hydrogens is 300 g/mol. The molecule has 0 unspecified atom stereocenters. The quantitative estimate of drug-likeness (QED) is 0.776. The number of fused-ring (bicyclic) bond motifs is 1. The van der Waals surface area contributed by atoms with Gasteiger partial charge in [0.05, 0.1) is 5.69 Å². The van der Waals surface area contributed by atoms with E-state index in [9.17, 15) is 0 Å². The summed E-state index contributed by atoms with van der Waals surface area (Å²) in [5.41, 5.74) is 5.49. The predicted molar refractivity (Wildman–Crippen MR) is 93.8 cm³/mol. The number of aromatic nitrogens is 4. The Balaban J connectivity index is 1.57. The van der Waals surface area contributed by atoms with Crippen molar-refractivity contribution in [2.45, 2.75) is 26.8 Å². The second-order valence-electron chi connectivity index (χ2n) is 6.00. The van der Waals surface area contributed by atoms with Gasteiger partial charge in [0.2, 0.25) is 5.95 Å². The zero-order valence-corrected chi connectivity index (χ0v) is 13.9. The minimum absolute atomic E-state index is 0.666. The maximum Gasteiger partial charge on any atom is 0.227 e. The van der Waals surface area contributed by atoms with E-state index in [1.807, 2.05) is 32.2 Å². The van der Waals surface area contributed by atoms with Crippen molar-refractivity contribution in [3.05, 3.63) is 59.4 Å². The van der Waals surface area contributed by atoms with Crippen LogP contribution in [-0.2, 0) is 13.0 Å². The third kappa shape index (κ3) is 2.76. The largest absolute Gasteiger partial charge is 0.324 e. The van der Waals surface area contributed by atoms with E-state index >= 15 is 0 Å². The number of nitrogens with zero attached hydrogens (tertiary/aromatic N) is 4. The van der Waals surface area contributed by atoms with Crippen molar-refractivity contribution in [3.8, 4) is 5.69 Å². The van der Waals surface area contributed by atoms with Crippen molar-refractivity contribution in [1.29, 1.82) is 0 Å². The fourth-order valence-electron chi connectivity index (χ4n) is 3.05. The zero-order valence-electron chi connectivity index (χ0n) is 13.9. The molecule has 1 aromatic carbocycles. The molecule has 122 valence electrons. The van der Waals surface area contributed by atoms with E-state index in [-0.39, 0.29) is 0 Å². The van der Waals surface area contributed by atoms with Crippen molar-refractivity contribution in [2.75, 3.05) is 11.9 Å². The van der Waals surface area contributed by atoms with E-state index in [4.69, 9.17) is 0 Å². The van der Waals surface area contributed by atoms with Crippen molar-refractivity contribution in [1.82, 2.24) is 24.8 Å². The third-order valence-corrected chi connectivity index (χ3v) is 4.37. The molecule has 0 amide bonds. The maximum absolute atomic E-state index is 4.68. The normalized spacial score (nSPS) is 13.6. The Labute approximate surface area is 141 Å². The maximum atomic E-state index is 4.68. The van der Waals surface area contributed by atoms with Crippen LogP contribution in [0.5, 0.6) is 0 Å². The lowest BCUT2D eigenvalue weighted by atomic mass is 10.1. The van der Waals surface area contributed by atoms with Crippen molar-refractivity contribution in [2.24, 2.45) is 0 Å². The van der Waals surface area contributed by atoms with Gasteiger partial charge >= 0.3 is 0 Å². The molecule has 0 fully saturated rings. The fraction of sp³-hybridized carbons (Fsp3) is 0.278. The Kier molecular flexibility index (Phi) is 3.74. The summed E-state index contributed by atoms with van der Waals surface area (Å²) in [6.45, 7) is 5.87. The van der Waals surface area contributed by atoms with Gasteiger partial charge in [0.15, 0.2) is 0 Å². The van der Waals surface area contributed by atoms with Gasteiger partial charge in [-0.2, -0.15) is 0 Å². The highest BCUT2D eigenvalue weighted by Crippen LogP contribution is 2.21. The molecule has 4 rings (SSSR count). The Morgan fingerprint density at radius 3 is 2.71 bits per heavy atom. The van der Waals surface area contributed by atoms with Crippen LogP contribution in [-0.4, -0.2) is 26.1 Å². The highest BCUT2D eigenvalue weighted by Gasteiger charge is 2.15. The average molecular weight is 320 g/mol. The van der Waals surface area contributed by atoms with Crippen LogP contribution in [0, 0.1) is 13.8 Å². The van der Waals surface area contributed by atoms with Crippen LogP contribution in [0.25, 0.3) is 5.69 Å². The van der Waals surface area contributed by atoms with Crippen molar-refractivity contribution in [3.63, 3.8) is 0 Å². The van der Waals surface area contributed by atoms with Gasteiger partial charge in [0.1, 0.15) is 5.82 Å². The van der Waals surface area contributed by atoms with Crippen LogP contribution < -0.4 is 10.6 Å². The van der Waals surface area contributed by atoms with Crippen LogP contribution >= 0.6 is 0 Å². The summed E-state index contributed by atoms with van der Waals surface area (Å²) in [6, 6.07) is 8.20. The summed E-state index contributed by atoms with van der Waals surface area (Å²) in [6.07, 6.45) is 4.72. The number of hydrogen-bond acceptors (Lipinski definition) is 5. The summed E-state index contributed by atoms with van der Waals surface area (Å²) in [5.74, 6) is 1.64. The summed E-state index contributed by atoms with van der Waals surface area (Å²) in [5, 5.41) is 6.68. The van der Waals surface area contributed by atoms with E-state index in [2.05, 4.69) is 42.3 Å². The number of nitrogens with one attached hydrogen (secondary N) is 2. The summed E-state index contributed by atoms with van der Waals surface area (Å²) in [7, 11) is 0. The molecule has 6 heteroatoms. The number of aryl methyl sites for hydroxylation is 2. The molecule has 3 heterocycles. The Hall–Kier alpha value is -2.73. The molecule has 0 aliphatic carbocycles. The van der Waals surface area contributed by atoms with E-state index in [0.29, 0.717) is 5.95 Å². The van der Waals surface area contributed by atoms with Crippen molar-refractivity contribution < 1.29 is 0 Å². The van der Waals surface area contributed by atoms with Gasteiger partial charge in [-0.15, -0.1) is 0 Å². The summed E-state index contributed by atoms with van der Waals surface area (Å²) >= 11 is 0. The first-order valence-corrected chi connectivity index (χ1v) is 8.15. The van der Waals surface area contributed by atoms with Crippen LogP contribution in [0.3, 0.4) is 0 Å². The zero-order chi connectivity index (χ0) is 16.5. The molecule has 0 spiro atoms. The highest BCUT2D eigenvalue weighted by atomic mass is 15.1. The molecule has 0 radical (unpaired) electrons. The smallest absolute Gasteiger partial charge is 0.227 e. The molecule has 2 aromatic heterocycles. The molecule has 3 aromatic rings. The predicted octanol–water partition coefficient (Wildman–Crippen LogP) is 2.67. The van der Waals surface area contributed by atoms with Gasteiger partial charge in [0, 0.05) is 54.5 Å². The monoisotopic (exact) mass is 320 g/mol. The molecule has 0 bridgehead atoms. The molecule has 0 saturated carbocycles. The van der Waals surface area contributed by atoms with Gasteiger partial charge < -0.3 is 15.2 Å². The first-order chi connectivity index (χ1) is 11.7. The molecule has 1 aliphatic rings. The minimum atomic E-state index is 0.666. The average Bonchev–Trinajstić information content (AvgIpc) is 3.02.